The molecule has 6 heteroatoms. The summed E-state index contributed by atoms with van der Waals surface area (Å²) in [7, 11) is 1.65. The molecule has 2 aromatic carbocycles. The number of rotatable bonds is 5. The molecule has 0 saturated carbocycles. The molecule has 0 unspecified atom stereocenters. The van der Waals surface area contributed by atoms with E-state index in [1.54, 1.807) is 7.11 Å². The fraction of sp³-hybridized carbons (Fsp3) is 0.300. The van der Waals surface area contributed by atoms with Gasteiger partial charge in [0, 0.05) is 24.3 Å². The molecule has 26 heavy (non-hydrogen) atoms. The lowest BCUT2D eigenvalue weighted by atomic mass is 10.1. The molecule has 1 amide bonds. The summed E-state index contributed by atoms with van der Waals surface area (Å²) < 4.78 is 5.18. The first kappa shape index (κ1) is 18.2. The van der Waals surface area contributed by atoms with Gasteiger partial charge >= 0.3 is 0 Å². The average molecular weight is 369 g/mol. The van der Waals surface area contributed by atoms with Gasteiger partial charge in [0.15, 0.2) is 5.11 Å². The highest BCUT2D eigenvalue weighted by molar-refractivity contribution is 7.80. The normalized spacial score (nSPS) is 14.8. The van der Waals surface area contributed by atoms with Crippen LogP contribution in [0.3, 0.4) is 0 Å². The standard InChI is InChI=1S/C20H23N3O2S/c1-14(15-5-11-18(25-2)12-6-15)21-20(26)22-16-7-9-17(10-8-16)23-13-3-4-19(23)24/h5-12,14H,3-4,13H2,1-2H3,(H2,21,22,26)/t14-/m0/s1. The number of hydrogen-bond donors (Lipinski definition) is 2. The Morgan fingerprint density at radius 2 is 1.85 bits per heavy atom. The van der Waals surface area contributed by atoms with Gasteiger partial charge in [0.05, 0.1) is 13.2 Å². The highest BCUT2D eigenvalue weighted by atomic mass is 32.1. The van der Waals surface area contributed by atoms with E-state index in [1.165, 1.54) is 0 Å². The maximum absolute atomic E-state index is 11.8. The van der Waals surface area contributed by atoms with E-state index in [9.17, 15) is 4.79 Å². The molecule has 1 aliphatic rings. The second kappa shape index (κ2) is 8.19. The first-order chi connectivity index (χ1) is 12.6. The Bertz CT molecular complexity index is 775. The number of carbonyl (C=O) groups is 1. The van der Waals surface area contributed by atoms with E-state index in [0.29, 0.717) is 11.5 Å². The number of anilines is 2. The minimum atomic E-state index is 0.0717. The minimum Gasteiger partial charge on any atom is -0.497 e. The molecule has 1 heterocycles. The number of nitrogens with one attached hydrogen (secondary N) is 2. The van der Waals surface area contributed by atoms with Gasteiger partial charge in [0.1, 0.15) is 5.75 Å². The van der Waals surface area contributed by atoms with Crippen molar-refractivity contribution in [3.63, 3.8) is 0 Å². The number of thiocarbonyl (C=S) groups is 1. The van der Waals surface area contributed by atoms with Crippen LogP contribution in [0.4, 0.5) is 11.4 Å². The van der Waals surface area contributed by atoms with E-state index in [1.807, 2.05) is 53.4 Å². The Hall–Kier alpha value is -2.60. The lowest BCUT2D eigenvalue weighted by Crippen LogP contribution is -2.30. The van der Waals surface area contributed by atoms with Crippen LogP contribution in [0.2, 0.25) is 0 Å². The molecule has 1 aliphatic heterocycles. The number of nitrogens with zero attached hydrogens (tertiary/aromatic N) is 1. The molecular formula is C20H23N3O2S. The summed E-state index contributed by atoms with van der Waals surface area (Å²) in [5, 5.41) is 7.01. The zero-order valence-corrected chi connectivity index (χ0v) is 15.8. The van der Waals surface area contributed by atoms with Gasteiger partial charge in [0.25, 0.3) is 0 Å². The molecule has 1 saturated heterocycles. The van der Waals surface area contributed by atoms with Gasteiger partial charge in [-0.3, -0.25) is 4.79 Å². The first-order valence-electron chi connectivity index (χ1n) is 8.69. The molecule has 1 fully saturated rings. The molecule has 136 valence electrons. The summed E-state index contributed by atoms with van der Waals surface area (Å²) in [6, 6.07) is 15.7. The maximum atomic E-state index is 11.8. The van der Waals surface area contributed by atoms with Crippen LogP contribution < -0.4 is 20.3 Å². The molecule has 2 aromatic rings. The predicted octanol–water partition coefficient (Wildman–Crippen LogP) is 3.87. The van der Waals surface area contributed by atoms with Gasteiger partial charge in [-0.05, 0) is 67.5 Å². The quantitative estimate of drug-likeness (QED) is 0.784. The van der Waals surface area contributed by atoms with E-state index < -0.39 is 0 Å². The number of methoxy groups -OCH3 is 1. The molecular weight excluding hydrogens is 346 g/mol. The van der Waals surface area contributed by atoms with Crippen LogP contribution in [0.1, 0.15) is 31.4 Å². The Morgan fingerprint density at radius 1 is 1.15 bits per heavy atom. The molecule has 0 bridgehead atoms. The topological polar surface area (TPSA) is 53.6 Å². The zero-order chi connectivity index (χ0) is 18.5. The summed E-state index contributed by atoms with van der Waals surface area (Å²) in [4.78, 5) is 13.6. The van der Waals surface area contributed by atoms with Gasteiger partial charge in [-0.1, -0.05) is 12.1 Å². The molecule has 5 nitrogen and oxygen atoms in total. The summed E-state index contributed by atoms with van der Waals surface area (Å²) in [5.74, 6) is 1.02. The molecule has 0 radical (unpaired) electrons. The van der Waals surface area contributed by atoms with Crippen molar-refractivity contribution >= 4 is 34.6 Å². The highest BCUT2D eigenvalue weighted by Gasteiger charge is 2.21. The van der Waals surface area contributed by atoms with Crippen molar-refractivity contribution in [1.29, 1.82) is 0 Å². The Kier molecular flexibility index (Phi) is 5.73. The van der Waals surface area contributed by atoms with Crippen molar-refractivity contribution in [2.75, 3.05) is 23.9 Å². The monoisotopic (exact) mass is 369 g/mol. The van der Waals surface area contributed by atoms with Crippen LogP contribution in [-0.4, -0.2) is 24.7 Å². The second-order valence-corrected chi connectivity index (χ2v) is 6.70. The second-order valence-electron chi connectivity index (χ2n) is 6.29. The molecule has 0 aliphatic carbocycles. The van der Waals surface area contributed by atoms with Crippen molar-refractivity contribution in [2.45, 2.75) is 25.8 Å². The summed E-state index contributed by atoms with van der Waals surface area (Å²) >= 11 is 5.41. The average Bonchev–Trinajstić information content (AvgIpc) is 3.08. The summed E-state index contributed by atoms with van der Waals surface area (Å²) in [6.45, 7) is 2.85. The van der Waals surface area contributed by atoms with Gasteiger partial charge in [-0.15, -0.1) is 0 Å². The predicted molar refractivity (Wildman–Crippen MR) is 109 cm³/mol. The van der Waals surface area contributed by atoms with Crippen molar-refractivity contribution in [2.24, 2.45) is 0 Å². The van der Waals surface area contributed by atoms with E-state index >= 15 is 0 Å². The van der Waals surface area contributed by atoms with E-state index in [-0.39, 0.29) is 11.9 Å². The SMILES string of the molecule is COc1ccc([C@H](C)NC(=S)Nc2ccc(N3CCCC3=O)cc2)cc1. The number of benzene rings is 2. The van der Waals surface area contributed by atoms with E-state index in [4.69, 9.17) is 17.0 Å². The van der Waals surface area contributed by atoms with Crippen LogP contribution in [-0.2, 0) is 4.79 Å². The highest BCUT2D eigenvalue weighted by Crippen LogP contribution is 2.23. The number of amides is 1. The third-order valence-electron chi connectivity index (χ3n) is 4.47. The maximum Gasteiger partial charge on any atom is 0.227 e. The Labute approximate surface area is 159 Å². The fourth-order valence-electron chi connectivity index (χ4n) is 2.99. The van der Waals surface area contributed by atoms with Crippen molar-refractivity contribution in [1.82, 2.24) is 5.32 Å². The van der Waals surface area contributed by atoms with Gasteiger partial charge < -0.3 is 20.3 Å². The Morgan fingerprint density at radius 3 is 2.42 bits per heavy atom. The number of ether oxygens (including phenoxy) is 1. The first-order valence-corrected chi connectivity index (χ1v) is 9.09. The van der Waals surface area contributed by atoms with Crippen LogP contribution in [0, 0.1) is 0 Å². The molecule has 3 rings (SSSR count). The van der Waals surface area contributed by atoms with Crippen LogP contribution in [0.15, 0.2) is 48.5 Å². The molecule has 2 N–H and O–H groups in total. The van der Waals surface area contributed by atoms with Gasteiger partial charge in [-0.2, -0.15) is 0 Å². The van der Waals surface area contributed by atoms with Crippen molar-refractivity contribution in [3.8, 4) is 5.75 Å². The van der Waals surface area contributed by atoms with Gasteiger partial charge in [0.2, 0.25) is 5.91 Å². The number of hydrogen-bond acceptors (Lipinski definition) is 3. The number of carbonyl (C=O) groups excluding carboxylic acids is 1. The van der Waals surface area contributed by atoms with Crippen LogP contribution >= 0.6 is 12.2 Å². The Balaban J connectivity index is 1.56. The van der Waals surface area contributed by atoms with Crippen LogP contribution in [0.25, 0.3) is 0 Å². The van der Waals surface area contributed by atoms with Crippen molar-refractivity contribution in [3.05, 3.63) is 54.1 Å². The summed E-state index contributed by atoms with van der Waals surface area (Å²) in [5.41, 5.74) is 2.95. The molecule has 0 aromatic heterocycles. The van der Waals surface area contributed by atoms with Gasteiger partial charge in [-0.25, -0.2) is 0 Å². The lowest BCUT2D eigenvalue weighted by Gasteiger charge is -2.19. The minimum absolute atomic E-state index is 0.0717. The van der Waals surface area contributed by atoms with Crippen molar-refractivity contribution < 1.29 is 9.53 Å². The van der Waals surface area contributed by atoms with Crippen LogP contribution in [0.5, 0.6) is 5.75 Å². The lowest BCUT2D eigenvalue weighted by molar-refractivity contribution is -0.117. The molecule has 1 atom stereocenters. The van der Waals surface area contributed by atoms with E-state index in [0.717, 1.165) is 35.7 Å². The smallest absolute Gasteiger partial charge is 0.227 e. The third-order valence-corrected chi connectivity index (χ3v) is 4.69. The third kappa shape index (κ3) is 4.32. The summed E-state index contributed by atoms with van der Waals surface area (Å²) in [6.07, 6.45) is 1.56. The molecule has 0 spiro atoms. The fourth-order valence-corrected chi connectivity index (χ4v) is 3.28. The zero-order valence-electron chi connectivity index (χ0n) is 15.0. The van der Waals surface area contributed by atoms with E-state index in [2.05, 4.69) is 17.6 Å². The largest absolute Gasteiger partial charge is 0.497 e.